The summed E-state index contributed by atoms with van der Waals surface area (Å²) in [7, 11) is -3.67. The summed E-state index contributed by atoms with van der Waals surface area (Å²) in [6.07, 6.45) is 3.50. The van der Waals surface area contributed by atoms with Crippen LogP contribution < -0.4 is 0 Å². The molecule has 1 amide bonds. The van der Waals surface area contributed by atoms with Crippen molar-refractivity contribution < 1.29 is 27.1 Å². The SMILES string of the molecule is O=C(C1CCN(S(=O)(=O)c2ccc(F)cc2)CC1)N1CCCCC1C1OCCO1. The zero-order valence-electron chi connectivity index (χ0n) is 16.3. The molecule has 1 aromatic rings. The van der Waals surface area contributed by atoms with Crippen LogP contribution in [0.25, 0.3) is 0 Å². The molecule has 9 heteroatoms. The maximum Gasteiger partial charge on any atom is 0.243 e. The molecule has 0 radical (unpaired) electrons. The van der Waals surface area contributed by atoms with Gasteiger partial charge in [-0.2, -0.15) is 4.31 Å². The average Bonchev–Trinajstić information content (AvgIpc) is 3.28. The van der Waals surface area contributed by atoms with Crippen molar-refractivity contribution in [2.45, 2.75) is 49.3 Å². The largest absolute Gasteiger partial charge is 0.348 e. The lowest BCUT2D eigenvalue weighted by Crippen LogP contribution is -2.53. The molecule has 3 aliphatic rings. The normalized spacial score (nSPS) is 25.4. The molecular formula is C20H27FN2O5S. The fourth-order valence-electron chi connectivity index (χ4n) is 4.45. The van der Waals surface area contributed by atoms with Gasteiger partial charge in [0, 0.05) is 25.6 Å². The van der Waals surface area contributed by atoms with Gasteiger partial charge < -0.3 is 14.4 Å². The molecule has 0 aromatic heterocycles. The molecule has 1 unspecified atom stereocenters. The number of nitrogens with zero attached hydrogens (tertiary/aromatic N) is 2. The minimum absolute atomic E-state index is 0.0558. The van der Waals surface area contributed by atoms with Crippen molar-refractivity contribution in [1.29, 1.82) is 0 Å². The second-order valence-corrected chi connectivity index (χ2v) is 9.77. The summed E-state index contributed by atoms with van der Waals surface area (Å²) in [6.45, 7) is 2.38. The molecule has 1 atom stereocenters. The number of carbonyl (C=O) groups is 1. The second kappa shape index (κ2) is 8.67. The maximum atomic E-state index is 13.2. The molecule has 3 aliphatic heterocycles. The van der Waals surface area contributed by atoms with E-state index in [9.17, 15) is 17.6 Å². The third kappa shape index (κ3) is 4.33. The Kier molecular flexibility index (Phi) is 6.19. The Morgan fingerprint density at radius 1 is 0.966 bits per heavy atom. The van der Waals surface area contributed by atoms with Crippen LogP contribution >= 0.6 is 0 Å². The van der Waals surface area contributed by atoms with Crippen LogP contribution in [0.5, 0.6) is 0 Å². The molecule has 0 bridgehead atoms. The van der Waals surface area contributed by atoms with E-state index < -0.39 is 15.8 Å². The Hall–Kier alpha value is -1.55. The fraction of sp³-hybridized carbons (Fsp3) is 0.650. The highest BCUT2D eigenvalue weighted by Gasteiger charge is 2.40. The smallest absolute Gasteiger partial charge is 0.243 e. The van der Waals surface area contributed by atoms with Crippen LogP contribution in [-0.2, 0) is 24.3 Å². The number of rotatable bonds is 4. The van der Waals surface area contributed by atoms with Crippen molar-refractivity contribution in [3.63, 3.8) is 0 Å². The molecule has 160 valence electrons. The van der Waals surface area contributed by atoms with Gasteiger partial charge in [0.2, 0.25) is 15.9 Å². The highest BCUT2D eigenvalue weighted by atomic mass is 32.2. The predicted octanol–water partition coefficient (Wildman–Crippen LogP) is 1.98. The lowest BCUT2D eigenvalue weighted by molar-refractivity contribution is -0.155. The van der Waals surface area contributed by atoms with Crippen molar-refractivity contribution in [3.05, 3.63) is 30.1 Å². The van der Waals surface area contributed by atoms with Gasteiger partial charge in [-0.05, 0) is 56.4 Å². The molecule has 7 nitrogen and oxygen atoms in total. The Morgan fingerprint density at radius 3 is 2.28 bits per heavy atom. The van der Waals surface area contributed by atoms with E-state index in [1.54, 1.807) is 0 Å². The Labute approximate surface area is 170 Å². The number of amides is 1. The minimum atomic E-state index is -3.67. The number of benzene rings is 1. The number of ether oxygens (including phenoxy) is 2. The molecule has 29 heavy (non-hydrogen) atoms. The molecule has 0 saturated carbocycles. The van der Waals surface area contributed by atoms with Gasteiger partial charge in [0.05, 0.1) is 24.2 Å². The summed E-state index contributed by atoms with van der Waals surface area (Å²) in [5, 5.41) is 0. The maximum absolute atomic E-state index is 13.2. The Bertz CT molecular complexity index is 818. The topological polar surface area (TPSA) is 76.2 Å². The standard InChI is InChI=1S/C20H27FN2O5S/c21-16-4-6-17(7-5-16)29(25,26)22-11-8-15(9-12-22)19(24)23-10-2-1-3-18(23)20-27-13-14-28-20/h4-7,15,18,20H,1-3,8-14H2. The van der Waals surface area contributed by atoms with E-state index in [0.29, 0.717) is 32.6 Å². The van der Waals surface area contributed by atoms with Crippen LogP contribution in [0.1, 0.15) is 32.1 Å². The van der Waals surface area contributed by atoms with E-state index in [4.69, 9.17) is 9.47 Å². The number of piperidine rings is 2. The molecule has 3 heterocycles. The monoisotopic (exact) mass is 426 g/mol. The van der Waals surface area contributed by atoms with Crippen molar-refractivity contribution in [1.82, 2.24) is 9.21 Å². The highest BCUT2D eigenvalue weighted by molar-refractivity contribution is 7.89. The first-order valence-corrected chi connectivity index (χ1v) is 11.7. The number of hydrogen-bond acceptors (Lipinski definition) is 5. The summed E-state index contributed by atoms with van der Waals surface area (Å²) in [6, 6.07) is 4.79. The number of sulfonamides is 1. The number of hydrogen-bond donors (Lipinski definition) is 0. The van der Waals surface area contributed by atoms with Crippen molar-refractivity contribution in [3.8, 4) is 0 Å². The van der Waals surface area contributed by atoms with Gasteiger partial charge in [0.25, 0.3) is 0 Å². The van der Waals surface area contributed by atoms with Crippen LogP contribution in [0.15, 0.2) is 29.2 Å². The van der Waals surface area contributed by atoms with Crippen LogP contribution in [0.2, 0.25) is 0 Å². The highest BCUT2D eigenvalue weighted by Crippen LogP contribution is 2.30. The van der Waals surface area contributed by atoms with Gasteiger partial charge in [-0.3, -0.25) is 4.79 Å². The van der Waals surface area contributed by atoms with Crippen LogP contribution in [0.4, 0.5) is 4.39 Å². The van der Waals surface area contributed by atoms with Crippen molar-refractivity contribution >= 4 is 15.9 Å². The van der Waals surface area contributed by atoms with E-state index in [-0.39, 0.29) is 42.1 Å². The summed E-state index contributed by atoms with van der Waals surface area (Å²) in [5.74, 6) is -0.594. The third-order valence-corrected chi connectivity index (χ3v) is 7.96. The van der Waals surface area contributed by atoms with E-state index in [1.165, 1.54) is 16.4 Å². The summed E-state index contributed by atoms with van der Waals surface area (Å²) < 4.78 is 51.4. The fourth-order valence-corrected chi connectivity index (χ4v) is 5.92. The van der Waals surface area contributed by atoms with Gasteiger partial charge in [0.1, 0.15) is 5.82 Å². The predicted molar refractivity (Wildman–Crippen MR) is 103 cm³/mol. The van der Waals surface area contributed by atoms with Crippen molar-refractivity contribution in [2.24, 2.45) is 5.92 Å². The molecule has 0 N–H and O–H groups in total. The Morgan fingerprint density at radius 2 is 1.62 bits per heavy atom. The third-order valence-electron chi connectivity index (χ3n) is 6.05. The van der Waals surface area contributed by atoms with Crippen LogP contribution in [-0.4, -0.2) is 68.7 Å². The first-order valence-electron chi connectivity index (χ1n) is 10.3. The van der Waals surface area contributed by atoms with E-state index in [0.717, 1.165) is 31.4 Å². The zero-order chi connectivity index (χ0) is 20.4. The lowest BCUT2D eigenvalue weighted by Gasteiger charge is -2.41. The Balaban J connectivity index is 1.39. The van der Waals surface area contributed by atoms with Crippen LogP contribution in [0, 0.1) is 11.7 Å². The molecule has 1 aromatic carbocycles. The second-order valence-electron chi connectivity index (χ2n) is 7.84. The molecule has 0 aliphatic carbocycles. The first-order chi connectivity index (χ1) is 14.0. The molecule has 3 fully saturated rings. The van der Waals surface area contributed by atoms with Crippen molar-refractivity contribution in [2.75, 3.05) is 32.8 Å². The zero-order valence-corrected chi connectivity index (χ0v) is 17.2. The number of likely N-dealkylation sites (tertiary alicyclic amines) is 1. The lowest BCUT2D eigenvalue weighted by atomic mass is 9.93. The number of carbonyl (C=O) groups excluding carboxylic acids is 1. The van der Waals surface area contributed by atoms with Gasteiger partial charge in [-0.25, -0.2) is 12.8 Å². The van der Waals surface area contributed by atoms with E-state index in [2.05, 4.69) is 0 Å². The summed E-state index contributed by atoms with van der Waals surface area (Å²) in [5.41, 5.74) is 0. The minimum Gasteiger partial charge on any atom is -0.348 e. The quantitative estimate of drug-likeness (QED) is 0.736. The average molecular weight is 427 g/mol. The molecule has 3 saturated heterocycles. The van der Waals surface area contributed by atoms with Gasteiger partial charge in [0.15, 0.2) is 6.29 Å². The van der Waals surface area contributed by atoms with E-state index in [1.807, 2.05) is 4.90 Å². The first kappa shape index (κ1) is 20.7. The number of halogens is 1. The van der Waals surface area contributed by atoms with Crippen LogP contribution in [0.3, 0.4) is 0 Å². The molecule has 0 spiro atoms. The summed E-state index contributed by atoms with van der Waals surface area (Å²) in [4.78, 5) is 15.2. The van der Waals surface area contributed by atoms with Gasteiger partial charge in [-0.15, -0.1) is 0 Å². The molecular weight excluding hydrogens is 399 g/mol. The van der Waals surface area contributed by atoms with E-state index >= 15 is 0 Å². The van der Waals surface area contributed by atoms with Gasteiger partial charge in [-0.1, -0.05) is 0 Å². The summed E-state index contributed by atoms with van der Waals surface area (Å²) >= 11 is 0. The molecule has 4 rings (SSSR count). The van der Waals surface area contributed by atoms with Gasteiger partial charge >= 0.3 is 0 Å².